The molecule has 8 atom stereocenters. The van der Waals surface area contributed by atoms with Gasteiger partial charge in [0.25, 0.3) is 11.8 Å². The van der Waals surface area contributed by atoms with Gasteiger partial charge in [-0.1, -0.05) is 29.7 Å². The molecule has 93 heavy (non-hydrogen) atoms. The number of carbonyl (C=O) groups excluding carboxylic acids is 10. The molecule has 3 unspecified atom stereocenters. The topological polar surface area (TPSA) is 285 Å². The Morgan fingerprint density at radius 3 is 2.14 bits per heavy atom. The van der Waals surface area contributed by atoms with Crippen LogP contribution >= 0.6 is 0 Å². The number of fused-ring (bicyclic) bond motifs is 4. The molecule has 0 aromatic heterocycles. The van der Waals surface area contributed by atoms with E-state index in [1.54, 1.807) is 18.2 Å². The number of hydrogen-bond donors (Lipinski definition) is 3. The molecule has 5 aliphatic heterocycles. The van der Waals surface area contributed by atoms with Crippen LogP contribution in [-0.2, 0) is 57.2 Å². The van der Waals surface area contributed by atoms with E-state index in [0.29, 0.717) is 82.7 Å². The fourth-order valence-corrected chi connectivity index (χ4v) is 15.5. The van der Waals surface area contributed by atoms with Crippen LogP contribution < -0.4 is 20.9 Å². The van der Waals surface area contributed by atoms with Gasteiger partial charge in [-0.15, -0.1) is 5.92 Å². The number of methoxy groups -OCH3 is 2. The van der Waals surface area contributed by atoms with Crippen LogP contribution in [0.4, 0.5) is 21.0 Å². The third-order valence-electron chi connectivity index (χ3n) is 20.1. The molecule has 2 saturated carbocycles. The van der Waals surface area contributed by atoms with Crippen molar-refractivity contribution in [3.05, 3.63) is 82.0 Å². The Morgan fingerprint density at radius 2 is 1.44 bits per heavy atom. The van der Waals surface area contributed by atoms with Gasteiger partial charge in [0, 0.05) is 103 Å². The van der Waals surface area contributed by atoms with Gasteiger partial charge < -0.3 is 63.6 Å². The number of anilines is 2. The van der Waals surface area contributed by atoms with Crippen LogP contribution in [0, 0.1) is 23.7 Å². The molecule has 11 rings (SSSR count). The molecule has 6 fully saturated rings. The van der Waals surface area contributed by atoms with Crippen LogP contribution in [0.25, 0.3) is 0 Å². The summed E-state index contributed by atoms with van der Waals surface area (Å²) in [5, 5.41) is 8.28. The molecular weight excluding hydrogens is 1200 g/mol. The second-order valence-electron chi connectivity index (χ2n) is 25.3. The second-order valence-corrected chi connectivity index (χ2v) is 25.3. The summed E-state index contributed by atoms with van der Waals surface area (Å²) in [7, 11) is 4.48. The number of amides is 9. The summed E-state index contributed by atoms with van der Waals surface area (Å²) in [5.41, 5.74) is 6.54. The molecule has 1 spiro atoms. The molecule has 0 radical (unpaired) electrons. The average Bonchev–Trinajstić information content (AvgIpc) is 1.49. The summed E-state index contributed by atoms with van der Waals surface area (Å²) < 4.78 is 33.9. The summed E-state index contributed by atoms with van der Waals surface area (Å²) in [6, 6.07) is 10.3. The van der Waals surface area contributed by atoms with Crippen molar-refractivity contribution in [3.8, 4) is 11.8 Å². The fraction of sp³-hybridized carbons (Fsp3) is 0.588. The Hall–Kier alpha value is -8.18. The number of epoxide rings is 1. The summed E-state index contributed by atoms with van der Waals surface area (Å²) >= 11 is 0. The van der Waals surface area contributed by atoms with Crippen LogP contribution in [0.15, 0.2) is 65.3 Å². The van der Waals surface area contributed by atoms with E-state index < -0.39 is 65.8 Å². The number of allylic oxidation sites excluding steroid dienone is 4. The van der Waals surface area contributed by atoms with E-state index in [-0.39, 0.29) is 118 Å². The molecule has 9 aliphatic rings. The molecule has 5 heterocycles. The van der Waals surface area contributed by atoms with Crippen LogP contribution in [0.3, 0.4) is 0 Å². The number of piperazine rings is 2. The molecule has 9 amide bonds. The van der Waals surface area contributed by atoms with E-state index in [2.05, 4.69) is 57.0 Å². The third-order valence-corrected chi connectivity index (χ3v) is 20.1. The van der Waals surface area contributed by atoms with Gasteiger partial charge in [0.05, 0.1) is 64.9 Å². The van der Waals surface area contributed by atoms with Gasteiger partial charge in [0.1, 0.15) is 23.7 Å². The number of ether oxygens (including phenoxy) is 6. The largest absolute Gasteiger partial charge is 0.453 e. The van der Waals surface area contributed by atoms with E-state index in [1.807, 2.05) is 20.0 Å². The van der Waals surface area contributed by atoms with Crippen molar-refractivity contribution in [2.75, 3.05) is 130 Å². The predicted molar refractivity (Wildman–Crippen MR) is 336 cm³/mol. The number of imide groups is 2. The summed E-state index contributed by atoms with van der Waals surface area (Å²) in [6.45, 7) is 4.90. The van der Waals surface area contributed by atoms with Gasteiger partial charge in [-0.3, -0.25) is 48.6 Å². The lowest BCUT2D eigenvalue weighted by Crippen LogP contribution is -2.67. The summed E-state index contributed by atoms with van der Waals surface area (Å²) in [5.74, 6) is 4.28. The van der Waals surface area contributed by atoms with Crippen LogP contribution in [0.5, 0.6) is 0 Å². The SMILES string of the molecule is CC#C[C@]12CC[C@H]3[C@@H]4CCC5=CC(=O)CCC5=C4[C@@H](c4ccc(N(C)CCCC(=O)N5CCN(C(=O)OC)CC5C(=O)N5CCN(C(=O)OC)CC5C(=O)NCCCOCCOCCOCCCNc5cccc6c5C(=O)N(C5CCC(=O)NC5=O)C6=O)cc4)C[C@@]31O2. The molecule has 2 aromatic carbocycles. The minimum atomic E-state index is -1.14. The number of nitrogens with one attached hydrogen (secondary N) is 3. The van der Waals surface area contributed by atoms with Crippen molar-refractivity contribution in [1.29, 1.82) is 0 Å². The molecule has 4 aliphatic carbocycles. The highest BCUT2D eigenvalue weighted by molar-refractivity contribution is 6.25. The average molecular weight is 1280 g/mol. The predicted octanol–water partition coefficient (Wildman–Crippen LogP) is 4.35. The number of rotatable bonds is 24. The van der Waals surface area contributed by atoms with E-state index in [4.69, 9.17) is 28.4 Å². The molecular formula is C68H85N9O16. The zero-order chi connectivity index (χ0) is 65.6. The first-order chi connectivity index (χ1) is 45.0. The summed E-state index contributed by atoms with van der Waals surface area (Å²) in [4.78, 5) is 141. The van der Waals surface area contributed by atoms with Crippen LogP contribution in [0.1, 0.15) is 123 Å². The van der Waals surface area contributed by atoms with Crippen molar-refractivity contribution in [2.45, 2.75) is 126 Å². The maximum Gasteiger partial charge on any atom is 0.409 e. The van der Waals surface area contributed by atoms with E-state index in [1.165, 1.54) is 56.1 Å². The van der Waals surface area contributed by atoms with Crippen LogP contribution in [-0.4, -0.2) is 233 Å². The number of benzene rings is 2. The maximum absolute atomic E-state index is 14.9. The quantitative estimate of drug-likeness (QED) is 0.0570. The van der Waals surface area contributed by atoms with E-state index in [0.717, 1.165) is 49.1 Å². The lowest BCUT2D eigenvalue weighted by molar-refractivity contribution is -0.154. The summed E-state index contributed by atoms with van der Waals surface area (Å²) in [6.07, 6.45) is 8.49. The Bertz CT molecular complexity index is 3400. The number of hydrogen-bond acceptors (Lipinski definition) is 18. The lowest BCUT2D eigenvalue weighted by Gasteiger charge is -2.46. The molecule has 0 bridgehead atoms. The van der Waals surface area contributed by atoms with Gasteiger partial charge in [-0.25, -0.2) is 9.59 Å². The monoisotopic (exact) mass is 1280 g/mol. The number of ketones is 1. The minimum Gasteiger partial charge on any atom is -0.453 e. The van der Waals surface area contributed by atoms with Crippen molar-refractivity contribution >= 4 is 70.7 Å². The minimum absolute atomic E-state index is 0.0284. The Morgan fingerprint density at radius 1 is 0.753 bits per heavy atom. The van der Waals surface area contributed by atoms with Crippen molar-refractivity contribution in [1.82, 2.24) is 35.1 Å². The standard InChI is InChI=1S/C68H85N9O16/c1-5-24-67-25-23-51-48-19-15-44-39-46(78)18-20-47(44)58(48)50(40-68(51,67)93-67)43-13-16-45(17-14-43)72(2)28-7-12-57(80)75-31-29-74(66(87)89-4)42-55(75)63(84)76-32-30-73(65(86)88-3)41-54(76)60(81)70-27-9-34-91-36-38-92-37-35-90-33-8-26-69-52-11-6-10-49-59(52)64(85)77(62(49)83)53-21-22-56(79)71-61(53)82/h6,10-11,13-14,16-17,39,48,50-51,53-55,69H,7-9,12,15,18-23,25-38,40-42H2,1-4H3,(H,70,81)(H,71,79,82)/t48-,50+,51-,53?,54?,55?,67-,68+/m0/s1. The molecule has 25 nitrogen and oxygen atoms in total. The lowest BCUT2D eigenvalue weighted by atomic mass is 9.57. The van der Waals surface area contributed by atoms with Crippen molar-refractivity contribution in [3.63, 3.8) is 0 Å². The number of carbonyl (C=O) groups is 10. The Labute approximate surface area is 541 Å². The van der Waals surface area contributed by atoms with Gasteiger partial charge in [-0.05, 0) is 130 Å². The first kappa shape index (κ1) is 66.3. The Balaban J connectivity index is 0.619. The molecule has 4 saturated heterocycles. The van der Waals surface area contributed by atoms with Gasteiger partial charge in [0.15, 0.2) is 11.4 Å². The smallest absolute Gasteiger partial charge is 0.409 e. The third kappa shape index (κ3) is 13.6. The highest BCUT2D eigenvalue weighted by atomic mass is 16.6. The number of piperidine rings is 1. The fourth-order valence-electron chi connectivity index (χ4n) is 15.5. The zero-order valence-electron chi connectivity index (χ0n) is 53.6. The first-order valence-corrected chi connectivity index (χ1v) is 32.8. The first-order valence-electron chi connectivity index (χ1n) is 32.8. The molecule has 25 heteroatoms. The molecule has 498 valence electrons. The highest BCUT2D eigenvalue weighted by Gasteiger charge is 2.79. The van der Waals surface area contributed by atoms with Gasteiger partial charge in [0.2, 0.25) is 29.5 Å². The zero-order valence-corrected chi connectivity index (χ0v) is 53.6. The highest BCUT2D eigenvalue weighted by Crippen LogP contribution is 2.73. The van der Waals surface area contributed by atoms with Crippen LogP contribution in [0.2, 0.25) is 0 Å². The maximum atomic E-state index is 14.9. The van der Waals surface area contributed by atoms with Crippen molar-refractivity contribution in [2.24, 2.45) is 11.8 Å². The number of nitrogens with zero attached hydrogens (tertiary/aromatic N) is 6. The van der Waals surface area contributed by atoms with Crippen molar-refractivity contribution < 1.29 is 76.4 Å². The Kier molecular flexibility index (Phi) is 20.7. The molecule has 2 aromatic rings. The van der Waals surface area contributed by atoms with E-state index in [9.17, 15) is 47.9 Å². The van der Waals surface area contributed by atoms with Gasteiger partial charge >= 0.3 is 12.2 Å². The normalized spacial score (nSPS) is 26.2. The molecule has 3 N–H and O–H groups in total. The van der Waals surface area contributed by atoms with Gasteiger partial charge in [-0.2, -0.15) is 0 Å². The van der Waals surface area contributed by atoms with E-state index >= 15 is 0 Å². The second kappa shape index (κ2) is 29.0.